The molecule has 1 heterocycles. The summed E-state index contributed by atoms with van der Waals surface area (Å²) in [5.74, 6) is -1.32. The fourth-order valence-electron chi connectivity index (χ4n) is 1.87. The van der Waals surface area contributed by atoms with Crippen molar-refractivity contribution in [2.45, 2.75) is 18.9 Å². The third-order valence-electron chi connectivity index (χ3n) is 2.91. The van der Waals surface area contributed by atoms with Crippen LogP contribution in [0.15, 0.2) is 30.9 Å². The number of nitrogens with zero attached hydrogens (tertiary/aromatic N) is 3. The van der Waals surface area contributed by atoms with Gasteiger partial charge in [-0.25, -0.2) is 13.8 Å². The number of rotatable bonds is 4. The molecule has 0 aliphatic heterocycles. The number of benzene rings is 1. The van der Waals surface area contributed by atoms with E-state index < -0.39 is 17.0 Å². The fraction of sp³-hybridized carbons (Fsp3) is 0.333. The monoisotopic (exact) mass is 253 g/mol. The largest absolute Gasteiger partial charge is 0.395 e. The summed E-state index contributed by atoms with van der Waals surface area (Å²) in [5, 5.41) is 13.4. The first-order valence-electron chi connectivity index (χ1n) is 5.44. The maximum Gasteiger partial charge on any atom is 0.137 e. The summed E-state index contributed by atoms with van der Waals surface area (Å²) in [6, 6.07) is 3.33. The van der Waals surface area contributed by atoms with Crippen molar-refractivity contribution < 1.29 is 13.9 Å². The summed E-state index contributed by atoms with van der Waals surface area (Å²) >= 11 is 0. The molecule has 1 aromatic heterocycles. The van der Waals surface area contributed by atoms with Crippen molar-refractivity contribution in [2.75, 3.05) is 6.61 Å². The molecule has 0 saturated heterocycles. The molecule has 4 nitrogen and oxygen atoms in total. The molecule has 2 aromatic rings. The number of hydrogen-bond donors (Lipinski definition) is 1. The van der Waals surface area contributed by atoms with Crippen LogP contribution in [0.2, 0.25) is 0 Å². The van der Waals surface area contributed by atoms with Crippen molar-refractivity contribution >= 4 is 0 Å². The molecule has 96 valence electrons. The Kier molecular flexibility index (Phi) is 3.38. The summed E-state index contributed by atoms with van der Waals surface area (Å²) in [7, 11) is 0. The average Bonchev–Trinajstić information content (AvgIpc) is 2.81. The Labute approximate surface area is 103 Å². The lowest BCUT2D eigenvalue weighted by molar-refractivity contribution is 0.180. The minimum Gasteiger partial charge on any atom is -0.395 e. The minimum absolute atomic E-state index is 0.252. The predicted octanol–water partition coefficient (Wildman–Crippen LogP) is 1.51. The number of hydrogen-bond acceptors (Lipinski definition) is 3. The van der Waals surface area contributed by atoms with Crippen LogP contribution in [0.3, 0.4) is 0 Å². The lowest BCUT2D eigenvalue weighted by Gasteiger charge is -2.28. The van der Waals surface area contributed by atoms with Crippen LogP contribution in [0.25, 0.3) is 0 Å². The van der Waals surface area contributed by atoms with Gasteiger partial charge in [0, 0.05) is 11.5 Å². The summed E-state index contributed by atoms with van der Waals surface area (Å²) in [6.45, 7) is 1.66. The van der Waals surface area contributed by atoms with Gasteiger partial charge < -0.3 is 5.11 Å². The van der Waals surface area contributed by atoms with Gasteiger partial charge in [-0.2, -0.15) is 5.10 Å². The molecular weight excluding hydrogens is 240 g/mol. The molecule has 0 amide bonds. The van der Waals surface area contributed by atoms with Gasteiger partial charge in [-0.15, -0.1) is 0 Å². The Morgan fingerprint density at radius 1 is 1.39 bits per heavy atom. The molecule has 1 unspecified atom stereocenters. The van der Waals surface area contributed by atoms with E-state index in [0.717, 1.165) is 6.07 Å². The van der Waals surface area contributed by atoms with Crippen LogP contribution < -0.4 is 0 Å². The van der Waals surface area contributed by atoms with Gasteiger partial charge in [-0.1, -0.05) is 13.0 Å². The van der Waals surface area contributed by atoms with Crippen molar-refractivity contribution in [2.24, 2.45) is 0 Å². The lowest BCUT2D eigenvalue weighted by Crippen LogP contribution is -2.33. The van der Waals surface area contributed by atoms with Crippen molar-refractivity contribution in [3.8, 4) is 0 Å². The van der Waals surface area contributed by atoms with Crippen LogP contribution in [-0.2, 0) is 12.0 Å². The quantitative estimate of drug-likeness (QED) is 0.898. The van der Waals surface area contributed by atoms with Crippen molar-refractivity contribution in [3.63, 3.8) is 0 Å². The summed E-state index contributed by atoms with van der Waals surface area (Å²) in [5.41, 5.74) is -0.632. The molecule has 0 spiro atoms. The van der Waals surface area contributed by atoms with Crippen LogP contribution in [0.5, 0.6) is 0 Å². The van der Waals surface area contributed by atoms with E-state index in [2.05, 4.69) is 10.1 Å². The van der Waals surface area contributed by atoms with Crippen LogP contribution in [0.1, 0.15) is 12.5 Å². The minimum atomic E-state index is -0.883. The molecule has 6 heteroatoms. The van der Waals surface area contributed by atoms with Gasteiger partial charge in [0.05, 0.1) is 13.2 Å². The molecular formula is C12H13F2N3O. The Bertz CT molecular complexity index is 530. The van der Waals surface area contributed by atoms with E-state index in [1.54, 1.807) is 6.92 Å². The van der Waals surface area contributed by atoms with Gasteiger partial charge in [-0.05, 0) is 11.6 Å². The summed E-state index contributed by atoms with van der Waals surface area (Å²) in [4.78, 5) is 3.79. The fourth-order valence-corrected chi connectivity index (χ4v) is 1.87. The van der Waals surface area contributed by atoms with Crippen molar-refractivity contribution in [1.29, 1.82) is 0 Å². The second-order valence-corrected chi connectivity index (χ2v) is 4.44. The number of halogens is 2. The van der Waals surface area contributed by atoms with E-state index in [9.17, 15) is 13.9 Å². The van der Waals surface area contributed by atoms with Gasteiger partial charge >= 0.3 is 0 Å². The Morgan fingerprint density at radius 3 is 2.72 bits per heavy atom. The highest BCUT2D eigenvalue weighted by molar-refractivity contribution is 5.27. The summed E-state index contributed by atoms with van der Waals surface area (Å²) < 4.78 is 28.2. The highest BCUT2D eigenvalue weighted by Crippen LogP contribution is 2.28. The highest BCUT2D eigenvalue weighted by atomic mass is 19.1. The lowest BCUT2D eigenvalue weighted by atomic mass is 9.83. The smallest absolute Gasteiger partial charge is 0.137 e. The average molecular weight is 253 g/mol. The first-order valence-corrected chi connectivity index (χ1v) is 5.44. The van der Waals surface area contributed by atoms with Crippen molar-refractivity contribution in [1.82, 2.24) is 14.8 Å². The maximum atomic E-state index is 13.8. The molecule has 18 heavy (non-hydrogen) atoms. The molecule has 0 radical (unpaired) electrons. The second kappa shape index (κ2) is 4.81. The van der Waals surface area contributed by atoms with E-state index >= 15 is 0 Å². The molecule has 0 bridgehead atoms. The van der Waals surface area contributed by atoms with Crippen LogP contribution in [0.4, 0.5) is 8.78 Å². The maximum absolute atomic E-state index is 13.8. The molecule has 0 aliphatic carbocycles. The van der Waals surface area contributed by atoms with Crippen LogP contribution in [0, 0.1) is 11.6 Å². The molecule has 0 saturated carbocycles. The zero-order valence-electron chi connectivity index (χ0n) is 9.85. The Hall–Kier alpha value is -1.82. The van der Waals surface area contributed by atoms with E-state index in [0.29, 0.717) is 0 Å². The van der Waals surface area contributed by atoms with Gasteiger partial charge in [0.1, 0.15) is 24.3 Å². The second-order valence-electron chi connectivity index (χ2n) is 4.44. The first-order chi connectivity index (χ1) is 8.55. The van der Waals surface area contributed by atoms with Gasteiger partial charge in [0.15, 0.2) is 0 Å². The van der Waals surface area contributed by atoms with Gasteiger partial charge in [0.25, 0.3) is 0 Å². The standard InChI is InChI=1S/C12H13F2N3O/c1-12(6-18,5-17-8-15-7-16-17)10-3-2-9(13)4-11(10)14/h2-4,7-8,18H,5-6H2,1H3. The van der Waals surface area contributed by atoms with Crippen LogP contribution in [-0.4, -0.2) is 26.5 Å². The molecule has 0 aliphatic rings. The third-order valence-corrected chi connectivity index (χ3v) is 2.91. The van der Waals surface area contributed by atoms with E-state index in [-0.39, 0.29) is 18.7 Å². The molecule has 0 fully saturated rings. The number of aliphatic hydroxyl groups is 1. The van der Waals surface area contributed by atoms with Crippen molar-refractivity contribution in [3.05, 3.63) is 48.1 Å². The number of aromatic nitrogens is 3. The summed E-state index contributed by atoms with van der Waals surface area (Å²) in [6.07, 6.45) is 2.84. The highest BCUT2D eigenvalue weighted by Gasteiger charge is 2.30. The van der Waals surface area contributed by atoms with E-state index in [1.807, 2.05) is 0 Å². The zero-order chi connectivity index (χ0) is 13.2. The normalized spacial score (nSPS) is 14.4. The van der Waals surface area contributed by atoms with Crippen LogP contribution >= 0.6 is 0 Å². The van der Waals surface area contributed by atoms with E-state index in [1.165, 1.54) is 29.5 Å². The molecule has 1 aromatic carbocycles. The zero-order valence-corrected chi connectivity index (χ0v) is 9.85. The Morgan fingerprint density at radius 2 is 2.17 bits per heavy atom. The predicted molar refractivity (Wildman–Crippen MR) is 60.8 cm³/mol. The Balaban J connectivity index is 2.36. The van der Waals surface area contributed by atoms with Gasteiger partial charge in [0.2, 0.25) is 0 Å². The topological polar surface area (TPSA) is 50.9 Å². The third kappa shape index (κ3) is 2.38. The molecule has 1 atom stereocenters. The van der Waals surface area contributed by atoms with E-state index in [4.69, 9.17) is 0 Å². The first kappa shape index (κ1) is 12.6. The number of aliphatic hydroxyl groups excluding tert-OH is 1. The SMILES string of the molecule is CC(CO)(Cn1cncn1)c1ccc(F)cc1F. The molecule has 1 N–H and O–H groups in total. The molecule has 2 rings (SSSR count). The van der Waals surface area contributed by atoms with Gasteiger partial charge in [-0.3, -0.25) is 4.68 Å².